The first-order chi connectivity index (χ1) is 9.11. The molecule has 1 rings (SSSR count). The van der Waals surface area contributed by atoms with E-state index in [2.05, 4.69) is 55.4 Å². The van der Waals surface area contributed by atoms with E-state index in [4.69, 9.17) is 4.74 Å². The number of rotatable bonds is 9. The average Bonchev–Trinajstić information content (AvgIpc) is 2.38. The molecule has 1 aromatic rings. The second-order valence-electron chi connectivity index (χ2n) is 5.29. The highest BCUT2D eigenvalue weighted by Gasteiger charge is 2.01. The van der Waals surface area contributed by atoms with E-state index < -0.39 is 0 Å². The van der Waals surface area contributed by atoms with Gasteiger partial charge in [-0.2, -0.15) is 0 Å². The molecule has 1 aromatic carbocycles. The number of likely N-dealkylation sites (N-methyl/N-ethyl adjacent to an activating group) is 1. The van der Waals surface area contributed by atoms with Crippen molar-refractivity contribution in [3.05, 3.63) is 35.4 Å². The SMILES string of the molecule is CCOCCN(C)Cc1ccc(CNC(C)C)cc1. The Morgan fingerprint density at radius 3 is 2.37 bits per heavy atom. The lowest BCUT2D eigenvalue weighted by atomic mass is 10.1. The highest BCUT2D eigenvalue weighted by molar-refractivity contribution is 5.22. The van der Waals surface area contributed by atoms with Gasteiger partial charge in [0, 0.05) is 32.3 Å². The van der Waals surface area contributed by atoms with E-state index in [9.17, 15) is 0 Å². The van der Waals surface area contributed by atoms with Crippen LogP contribution in [0.15, 0.2) is 24.3 Å². The standard InChI is InChI=1S/C16H28N2O/c1-5-19-11-10-18(4)13-16-8-6-15(7-9-16)12-17-14(2)3/h6-9,14,17H,5,10-13H2,1-4H3. The van der Waals surface area contributed by atoms with Crippen molar-refractivity contribution in [3.8, 4) is 0 Å². The zero-order chi connectivity index (χ0) is 14.1. The Bertz CT molecular complexity index is 335. The fourth-order valence-corrected chi connectivity index (χ4v) is 1.84. The second-order valence-corrected chi connectivity index (χ2v) is 5.29. The molecule has 0 aliphatic carbocycles. The van der Waals surface area contributed by atoms with Gasteiger partial charge in [0.25, 0.3) is 0 Å². The molecule has 0 heterocycles. The molecule has 3 heteroatoms. The first-order valence-electron chi connectivity index (χ1n) is 7.19. The number of hydrogen-bond donors (Lipinski definition) is 1. The van der Waals surface area contributed by atoms with Crippen LogP contribution in [0.3, 0.4) is 0 Å². The Kier molecular flexibility index (Phi) is 7.72. The summed E-state index contributed by atoms with van der Waals surface area (Å²) in [4.78, 5) is 2.29. The fraction of sp³-hybridized carbons (Fsp3) is 0.625. The van der Waals surface area contributed by atoms with E-state index in [1.807, 2.05) is 6.92 Å². The summed E-state index contributed by atoms with van der Waals surface area (Å²) in [7, 11) is 2.13. The molecule has 0 fully saturated rings. The highest BCUT2D eigenvalue weighted by atomic mass is 16.5. The summed E-state index contributed by atoms with van der Waals surface area (Å²) in [5.41, 5.74) is 2.70. The zero-order valence-electron chi connectivity index (χ0n) is 12.8. The van der Waals surface area contributed by atoms with Crippen LogP contribution in [0.1, 0.15) is 31.9 Å². The minimum atomic E-state index is 0.532. The number of hydrogen-bond acceptors (Lipinski definition) is 3. The third-order valence-electron chi connectivity index (χ3n) is 3.01. The van der Waals surface area contributed by atoms with Crippen LogP contribution in [-0.4, -0.2) is 37.7 Å². The molecule has 0 unspecified atom stereocenters. The average molecular weight is 264 g/mol. The molecule has 1 N–H and O–H groups in total. The molecule has 0 saturated carbocycles. The molecule has 0 saturated heterocycles. The van der Waals surface area contributed by atoms with Gasteiger partial charge in [-0.3, -0.25) is 4.90 Å². The van der Waals surface area contributed by atoms with Crippen LogP contribution >= 0.6 is 0 Å². The van der Waals surface area contributed by atoms with Gasteiger partial charge in [0.15, 0.2) is 0 Å². The van der Waals surface area contributed by atoms with Gasteiger partial charge in [-0.15, -0.1) is 0 Å². The number of benzene rings is 1. The van der Waals surface area contributed by atoms with Gasteiger partial charge < -0.3 is 10.1 Å². The second kappa shape index (κ2) is 9.08. The molecule has 3 nitrogen and oxygen atoms in total. The number of nitrogens with one attached hydrogen (secondary N) is 1. The molecule has 0 radical (unpaired) electrons. The van der Waals surface area contributed by atoms with Crippen molar-refractivity contribution in [2.24, 2.45) is 0 Å². The Hall–Kier alpha value is -0.900. The number of ether oxygens (including phenoxy) is 1. The van der Waals surface area contributed by atoms with Gasteiger partial charge in [0.2, 0.25) is 0 Å². The van der Waals surface area contributed by atoms with Crippen LogP contribution in [-0.2, 0) is 17.8 Å². The summed E-state index contributed by atoms with van der Waals surface area (Å²) in [6.45, 7) is 10.9. The monoisotopic (exact) mass is 264 g/mol. The van der Waals surface area contributed by atoms with E-state index in [0.717, 1.165) is 32.8 Å². The van der Waals surface area contributed by atoms with Crippen LogP contribution in [0, 0.1) is 0 Å². The first-order valence-corrected chi connectivity index (χ1v) is 7.19. The smallest absolute Gasteiger partial charge is 0.0593 e. The fourth-order valence-electron chi connectivity index (χ4n) is 1.84. The first kappa shape index (κ1) is 16.2. The molecule has 0 aliphatic rings. The van der Waals surface area contributed by atoms with Crippen molar-refractivity contribution in [1.29, 1.82) is 0 Å². The predicted molar refractivity (Wildman–Crippen MR) is 81.2 cm³/mol. The zero-order valence-corrected chi connectivity index (χ0v) is 12.8. The van der Waals surface area contributed by atoms with Crippen LogP contribution in [0.25, 0.3) is 0 Å². The van der Waals surface area contributed by atoms with Crippen LogP contribution in [0.4, 0.5) is 0 Å². The number of nitrogens with zero attached hydrogens (tertiary/aromatic N) is 1. The Balaban J connectivity index is 2.34. The molecule has 0 amide bonds. The largest absolute Gasteiger partial charge is 0.380 e. The lowest BCUT2D eigenvalue weighted by Gasteiger charge is -2.16. The van der Waals surface area contributed by atoms with Crippen molar-refractivity contribution in [2.45, 2.75) is 39.9 Å². The summed E-state index contributed by atoms with van der Waals surface area (Å²) in [6.07, 6.45) is 0. The Morgan fingerprint density at radius 1 is 1.16 bits per heavy atom. The molecule has 0 atom stereocenters. The van der Waals surface area contributed by atoms with E-state index in [0.29, 0.717) is 6.04 Å². The quantitative estimate of drug-likeness (QED) is 0.694. The third kappa shape index (κ3) is 7.31. The third-order valence-corrected chi connectivity index (χ3v) is 3.01. The minimum absolute atomic E-state index is 0.532. The summed E-state index contributed by atoms with van der Waals surface area (Å²) >= 11 is 0. The van der Waals surface area contributed by atoms with Crippen molar-refractivity contribution in [1.82, 2.24) is 10.2 Å². The minimum Gasteiger partial charge on any atom is -0.380 e. The van der Waals surface area contributed by atoms with E-state index in [-0.39, 0.29) is 0 Å². The molecular weight excluding hydrogens is 236 g/mol. The van der Waals surface area contributed by atoms with Crippen molar-refractivity contribution in [3.63, 3.8) is 0 Å². The van der Waals surface area contributed by atoms with E-state index in [1.165, 1.54) is 11.1 Å². The van der Waals surface area contributed by atoms with Gasteiger partial charge in [-0.1, -0.05) is 38.1 Å². The van der Waals surface area contributed by atoms with Gasteiger partial charge in [0.1, 0.15) is 0 Å². The normalized spacial score (nSPS) is 11.5. The van der Waals surface area contributed by atoms with Crippen molar-refractivity contribution < 1.29 is 4.74 Å². The van der Waals surface area contributed by atoms with Crippen molar-refractivity contribution >= 4 is 0 Å². The lowest BCUT2D eigenvalue weighted by molar-refractivity contribution is 0.120. The summed E-state index contributed by atoms with van der Waals surface area (Å²) in [6, 6.07) is 9.38. The molecule has 0 spiro atoms. The Morgan fingerprint density at radius 2 is 1.79 bits per heavy atom. The molecule has 0 aliphatic heterocycles. The lowest BCUT2D eigenvalue weighted by Crippen LogP contribution is -2.23. The molecule has 0 aromatic heterocycles. The molecule has 0 bridgehead atoms. The highest BCUT2D eigenvalue weighted by Crippen LogP contribution is 2.07. The maximum absolute atomic E-state index is 5.37. The summed E-state index contributed by atoms with van der Waals surface area (Å²) in [5, 5.41) is 3.43. The Labute approximate surface area is 118 Å². The van der Waals surface area contributed by atoms with Gasteiger partial charge >= 0.3 is 0 Å². The summed E-state index contributed by atoms with van der Waals surface area (Å²) in [5.74, 6) is 0. The molecule has 19 heavy (non-hydrogen) atoms. The predicted octanol–water partition coefficient (Wildman–Crippen LogP) is 2.65. The van der Waals surface area contributed by atoms with Gasteiger partial charge in [-0.25, -0.2) is 0 Å². The maximum atomic E-state index is 5.37. The van der Waals surface area contributed by atoms with Gasteiger partial charge in [-0.05, 0) is 25.1 Å². The van der Waals surface area contributed by atoms with Crippen LogP contribution in [0.5, 0.6) is 0 Å². The van der Waals surface area contributed by atoms with Gasteiger partial charge in [0.05, 0.1) is 6.61 Å². The van der Waals surface area contributed by atoms with Crippen LogP contribution in [0.2, 0.25) is 0 Å². The van der Waals surface area contributed by atoms with Crippen molar-refractivity contribution in [2.75, 3.05) is 26.8 Å². The van der Waals surface area contributed by atoms with E-state index >= 15 is 0 Å². The van der Waals surface area contributed by atoms with E-state index in [1.54, 1.807) is 0 Å². The maximum Gasteiger partial charge on any atom is 0.0593 e. The topological polar surface area (TPSA) is 24.5 Å². The molecule has 108 valence electrons. The molecular formula is C16H28N2O. The van der Waals surface area contributed by atoms with Crippen LogP contribution < -0.4 is 5.32 Å². The summed E-state index contributed by atoms with van der Waals surface area (Å²) < 4.78 is 5.37.